The van der Waals surface area contributed by atoms with E-state index in [1.165, 1.54) is 135 Å². The summed E-state index contributed by atoms with van der Waals surface area (Å²) in [6, 6.07) is -1.58. The number of allylic oxidation sites excluding steroid dienone is 4. The summed E-state index contributed by atoms with van der Waals surface area (Å²) in [6.07, 6.45) is 53.0. The highest BCUT2D eigenvalue weighted by Crippen LogP contribution is 2.43. The lowest BCUT2D eigenvalue weighted by Gasteiger charge is -2.21. The maximum absolute atomic E-state index is 12.9. The van der Waals surface area contributed by atoms with E-state index in [1.54, 1.807) is 0 Å². The van der Waals surface area contributed by atoms with Gasteiger partial charge in [0.1, 0.15) is 6.61 Å². The Morgan fingerprint density at radius 1 is 0.437 bits per heavy atom. The number of hydrogen-bond donors (Lipinski definition) is 3. The van der Waals surface area contributed by atoms with Crippen LogP contribution in [0.4, 0.5) is 0 Å². The molecule has 0 aromatic rings. The molecule has 0 heterocycles. The zero-order valence-corrected chi connectivity index (χ0v) is 46.7. The van der Waals surface area contributed by atoms with Crippen molar-refractivity contribution in [3.05, 3.63) is 24.3 Å². The minimum atomic E-state index is -4.88. The molecular formula is C58H108NO11P. The number of ether oxygens (including phenoxy) is 2. The second kappa shape index (κ2) is 52.3. The second-order valence-corrected chi connectivity index (χ2v) is 21.4. The Morgan fingerprint density at radius 3 is 1.14 bits per heavy atom. The van der Waals surface area contributed by atoms with Gasteiger partial charge in [-0.2, -0.15) is 0 Å². The van der Waals surface area contributed by atoms with Gasteiger partial charge in [-0.05, 0) is 70.6 Å². The van der Waals surface area contributed by atoms with E-state index in [2.05, 4.69) is 50.4 Å². The summed E-state index contributed by atoms with van der Waals surface area (Å²) in [7, 11) is -4.88. The topological polar surface area (TPSA) is 175 Å². The van der Waals surface area contributed by atoms with Crippen molar-refractivity contribution in [2.24, 2.45) is 0 Å². The molecule has 1 amide bonds. The first-order valence-electron chi connectivity index (χ1n) is 29.3. The third-order valence-corrected chi connectivity index (χ3v) is 13.9. The fraction of sp³-hybridized carbons (Fsp3) is 0.862. The smallest absolute Gasteiger partial charge is 0.472 e. The van der Waals surface area contributed by atoms with E-state index in [0.29, 0.717) is 19.3 Å². The van der Waals surface area contributed by atoms with Crippen molar-refractivity contribution in [1.29, 1.82) is 0 Å². The molecule has 0 aliphatic rings. The summed E-state index contributed by atoms with van der Waals surface area (Å²) in [4.78, 5) is 60.5. The lowest BCUT2D eigenvalue weighted by Crippen LogP contribution is -2.43. The highest BCUT2D eigenvalue weighted by molar-refractivity contribution is 7.47. The van der Waals surface area contributed by atoms with E-state index in [1.807, 2.05) is 0 Å². The number of carboxylic acids is 1. The number of nitrogens with one attached hydrogen (secondary N) is 1. The van der Waals surface area contributed by atoms with Gasteiger partial charge in [0, 0.05) is 19.3 Å². The number of aliphatic carboxylic acids is 1. The summed E-state index contributed by atoms with van der Waals surface area (Å²) in [6.45, 7) is 4.88. The number of amides is 1. The van der Waals surface area contributed by atoms with Gasteiger partial charge in [-0.1, -0.05) is 225 Å². The first-order chi connectivity index (χ1) is 34.5. The molecule has 13 heteroatoms. The van der Waals surface area contributed by atoms with Gasteiger partial charge in [0.15, 0.2) is 12.1 Å². The van der Waals surface area contributed by atoms with Crippen molar-refractivity contribution in [3.8, 4) is 0 Å². The standard InChI is InChI=1S/C58H108NO11P/c1-4-7-10-13-16-19-22-25-27-30-32-35-38-41-44-47-55(60)59-54(58(63)64)52-69-71(65,66)68-51-53(50-67-56(61)48-45-42-39-36-33-29-24-21-18-15-12-9-6-3)70-57(62)49-46-43-40-37-34-31-28-26-23-20-17-14-11-8-5-2/h25-28,53-54H,4-24,29-52H2,1-3H3,(H,59,60)(H,63,64)(H,65,66). The van der Waals surface area contributed by atoms with Crippen LogP contribution in [0.1, 0.15) is 290 Å². The van der Waals surface area contributed by atoms with Crippen LogP contribution in [0.5, 0.6) is 0 Å². The summed E-state index contributed by atoms with van der Waals surface area (Å²) >= 11 is 0. The van der Waals surface area contributed by atoms with Gasteiger partial charge in [0.2, 0.25) is 5.91 Å². The minimum absolute atomic E-state index is 0.122. The fourth-order valence-corrected chi connectivity index (χ4v) is 9.19. The highest BCUT2D eigenvalue weighted by atomic mass is 31.2. The summed E-state index contributed by atoms with van der Waals surface area (Å²) in [5, 5.41) is 12.1. The molecule has 0 aromatic carbocycles. The average Bonchev–Trinajstić information content (AvgIpc) is 3.34. The number of unbranched alkanes of at least 4 members (excludes halogenated alkanes) is 34. The van der Waals surface area contributed by atoms with Crippen molar-refractivity contribution in [2.75, 3.05) is 19.8 Å². The molecule has 0 aromatic heterocycles. The highest BCUT2D eigenvalue weighted by Gasteiger charge is 2.30. The summed E-state index contributed by atoms with van der Waals surface area (Å²) in [5.74, 6) is -2.93. The number of phosphoric acid groups is 1. The molecule has 3 N–H and O–H groups in total. The van der Waals surface area contributed by atoms with Crippen LogP contribution < -0.4 is 5.32 Å². The number of hydrogen-bond acceptors (Lipinski definition) is 9. The summed E-state index contributed by atoms with van der Waals surface area (Å²) in [5.41, 5.74) is 0. The predicted octanol–water partition coefficient (Wildman–Crippen LogP) is 16.7. The SMILES string of the molecule is CCCCCCCCC=CCCCCCCCC(=O)NC(COP(=O)(O)OCC(COC(=O)CCCCCCCCCCCCCCC)OC(=O)CCCCCCCC=CCCCCCCCC)C(=O)O. The molecule has 3 atom stereocenters. The monoisotopic (exact) mass is 1030 g/mol. The maximum Gasteiger partial charge on any atom is 0.472 e. The van der Waals surface area contributed by atoms with Crippen LogP contribution in [0.25, 0.3) is 0 Å². The second-order valence-electron chi connectivity index (χ2n) is 20.0. The lowest BCUT2D eigenvalue weighted by atomic mass is 10.0. The Hall–Kier alpha value is -2.53. The Bertz CT molecular complexity index is 1360. The molecule has 0 aliphatic carbocycles. The first kappa shape index (κ1) is 68.5. The molecule has 0 radical (unpaired) electrons. The number of carbonyl (C=O) groups excluding carboxylic acids is 3. The van der Waals surface area contributed by atoms with Gasteiger partial charge in [-0.15, -0.1) is 0 Å². The van der Waals surface area contributed by atoms with Gasteiger partial charge < -0.3 is 24.8 Å². The Balaban J connectivity index is 4.78. The van der Waals surface area contributed by atoms with Crippen LogP contribution in [0, 0.1) is 0 Å². The average molecular weight is 1030 g/mol. The van der Waals surface area contributed by atoms with Gasteiger partial charge >= 0.3 is 25.7 Å². The van der Waals surface area contributed by atoms with E-state index < -0.39 is 57.0 Å². The largest absolute Gasteiger partial charge is 0.480 e. The van der Waals surface area contributed by atoms with Gasteiger partial charge in [-0.25, -0.2) is 9.36 Å². The molecule has 0 saturated carbocycles. The minimum Gasteiger partial charge on any atom is -0.480 e. The summed E-state index contributed by atoms with van der Waals surface area (Å²) < 4.78 is 34.0. The van der Waals surface area contributed by atoms with Gasteiger partial charge in [-0.3, -0.25) is 23.4 Å². The molecule has 12 nitrogen and oxygen atoms in total. The van der Waals surface area contributed by atoms with E-state index >= 15 is 0 Å². The number of carbonyl (C=O) groups is 4. The normalized spacial score (nSPS) is 13.4. The predicted molar refractivity (Wildman–Crippen MR) is 291 cm³/mol. The molecular weight excluding hydrogens is 918 g/mol. The van der Waals surface area contributed by atoms with Crippen molar-refractivity contribution in [2.45, 2.75) is 303 Å². The van der Waals surface area contributed by atoms with E-state index in [9.17, 15) is 33.7 Å². The van der Waals surface area contributed by atoms with Gasteiger partial charge in [0.25, 0.3) is 0 Å². The van der Waals surface area contributed by atoms with Crippen LogP contribution in [0.2, 0.25) is 0 Å². The maximum atomic E-state index is 12.9. The Morgan fingerprint density at radius 2 is 0.761 bits per heavy atom. The first-order valence-corrected chi connectivity index (χ1v) is 30.8. The molecule has 0 fully saturated rings. The van der Waals surface area contributed by atoms with Gasteiger partial charge in [0.05, 0.1) is 13.2 Å². The Kier molecular flexibility index (Phi) is 50.5. The fourth-order valence-electron chi connectivity index (χ4n) is 8.43. The zero-order valence-electron chi connectivity index (χ0n) is 45.8. The number of esters is 2. The molecule has 0 aliphatic heterocycles. The van der Waals surface area contributed by atoms with E-state index in [-0.39, 0.29) is 25.9 Å². The van der Waals surface area contributed by atoms with Crippen LogP contribution in [-0.2, 0) is 42.3 Å². The molecule has 0 rings (SSSR count). The molecule has 0 spiro atoms. The quantitative estimate of drug-likeness (QED) is 0.0229. The third-order valence-electron chi connectivity index (χ3n) is 13.0. The molecule has 0 saturated heterocycles. The lowest BCUT2D eigenvalue weighted by molar-refractivity contribution is -0.161. The van der Waals surface area contributed by atoms with Crippen molar-refractivity contribution < 1.29 is 52.3 Å². The molecule has 71 heavy (non-hydrogen) atoms. The van der Waals surface area contributed by atoms with Crippen LogP contribution in [0.15, 0.2) is 24.3 Å². The van der Waals surface area contributed by atoms with Crippen molar-refractivity contribution >= 4 is 31.6 Å². The molecule has 0 bridgehead atoms. The zero-order chi connectivity index (χ0) is 52.1. The van der Waals surface area contributed by atoms with Crippen molar-refractivity contribution in [1.82, 2.24) is 5.32 Å². The number of phosphoric ester groups is 1. The van der Waals surface area contributed by atoms with Crippen molar-refractivity contribution in [3.63, 3.8) is 0 Å². The van der Waals surface area contributed by atoms with Crippen LogP contribution in [-0.4, -0.2) is 65.8 Å². The third kappa shape index (κ3) is 50.8. The number of carboxylic acid groups (broad SMARTS) is 1. The van der Waals surface area contributed by atoms with E-state index in [0.717, 1.165) is 96.3 Å². The Labute approximate surface area is 434 Å². The van der Waals surface area contributed by atoms with E-state index in [4.69, 9.17) is 18.5 Å². The van der Waals surface area contributed by atoms with Crippen LogP contribution in [0.3, 0.4) is 0 Å². The van der Waals surface area contributed by atoms with Crippen LogP contribution >= 0.6 is 7.82 Å². The molecule has 416 valence electrons. The molecule has 3 unspecified atom stereocenters. The number of rotatable bonds is 55.